The third-order valence-electron chi connectivity index (χ3n) is 4.15. The van der Waals surface area contributed by atoms with E-state index in [1.54, 1.807) is 0 Å². The molecule has 1 aliphatic rings. The molecule has 2 atom stereocenters. The number of methoxy groups -OCH3 is 1. The summed E-state index contributed by atoms with van der Waals surface area (Å²) in [7, 11) is 1.81. The van der Waals surface area contributed by atoms with E-state index < -0.39 is 0 Å². The Morgan fingerprint density at radius 3 is 2.38 bits per heavy atom. The molecule has 0 aromatic heterocycles. The number of nitrogens with one attached hydrogen (secondary N) is 1. The molecular formula is C14H29NO. The van der Waals surface area contributed by atoms with Crippen molar-refractivity contribution >= 4 is 0 Å². The molecule has 0 saturated heterocycles. The Morgan fingerprint density at radius 1 is 1.44 bits per heavy atom. The molecular weight excluding hydrogens is 198 g/mol. The average molecular weight is 227 g/mol. The first kappa shape index (κ1) is 14.0. The van der Waals surface area contributed by atoms with Gasteiger partial charge in [0.05, 0.1) is 5.60 Å². The predicted molar refractivity (Wildman–Crippen MR) is 69.7 cm³/mol. The summed E-state index contributed by atoms with van der Waals surface area (Å²) in [5.41, 5.74) is 0.580. The van der Waals surface area contributed by atoms with Gasteiger partial charge in [-0.05, 0) is 51.0 Å². The fourth-order valence-electron chi connectivity index (χ4n) is 2.51. The number of hydrogen-bond donors (Lipinski definition) is 1. The molecule has 0 aromatic rings. The van der Waals surface area contributed by atoms with Gasteiger partial charge in [0.15, 0.2) is 0 Å². The van der Waals surface area contributed by atoms with E-state index in [4.69, 9.17) is 4.74 Å². The Hall–Kier alpha value is -0.0800. The van der Waals surface area contributed by atoms with E-state index in [2.05, 4.69) is 39.9 Å². The largest absolute Gasteiger partial charge is 0.379 e. The van der Waals surface area contributed by atoms with Gasteiger partial charge in [-0.1, -0.05) is 20.8 Å². The molecule has 1 aliphatic carbocycles. The van der Waals surface area contributed by atoms with Gasteiger partial charge >= 0.3 is 0 Å². The number of rotatable bonds is 7. The van der Waals surface area contributed by atoms with Gasteiger partial charge in [-0.2, -0.15) is 0 Å². The van der Waals surface area contributed by atoms with Crippen LogP contribution in [-0.4, -0.2) is 25.3 Å². The Balaban J connectivity index is 2.41. The summed E-state index contributed by atoms with van der Waals surface area (Å²) in [6.45, 7) is 12.4. The third-order valence-corrected chi connectivity index (χ3v) is 4.15. The van der Waals surface area contributed by atoms with Gasteiger partial charge in [-0.15, -0.1) is 0 Å². The summed E-state index contributed by atoms with van der Waals surface area (Å²) in [4.78, 5) is 0. The van der Waals surface area contributed by atoms with Gasteiger partial charge < -0.3 is 10.1 Å². The van der Waals surface area contributed by atoms with Crippen molar-refractivity contribution in [2.75, 3.05) is 13.7 Å². The van der Waals surface area contributed by atoms with Crippen molar-refractivity contribution < 1.29 is 4.74 Å². The molecule has 16 heavy (non-hydrogen) atoms. The van der Waals surface area contributed by atoms with Crippen LogP contribution in [0.5, 0.6) is 0 Å². The second kappa shape index (κ2) is 5.05. The molecule has 0 spiro atoms. The predicted octanol–water partition coefficient (Wildman–Crippen LogP) is 3.22. The van der Waals surface area contributed by atoms with Crippen molar-refractivity contribution in [3.63, 3.8) is 0 Å². The highest BCUT2D eigenvalue weighted by atomic mass is 16.5. The molecule has 2 nitrogen and oxygen atoms in total. The zero-order valence-corrected chi connectivity index (χ0v) is 11.9. The summed E-state index contributed by atoms with van der Waals surface area (Å²) in [6.07, 6.45) is 3.73. The normalized spacial score (nSPS) is 25.5. The van der Waals surface area contributed by atoms with Crippen molar-refractivity contribution in [2.45, 2.75) is 65.5 Å². The molecule has 0 aromatic carbocycles. The Kier molecular flexibility index (Phi) is 4.42. The molecule has 0 amide bonds. The van der Waals surface area contributed by atoms with Crippen molar-refractivity contribution in [2.24, 2.45) is 11.3 Å². The minimum Gasteiger partial charge on any atom is -0.379 e. The van der Waals surface area contributed by atoms with Crippen LogP contribution in [0.1, 0.15) is 53.9 Å². The van der Waals surface area contributed by atoms with Crippen molar-refractivity contribution in [3.8, 4) is 0 Å². The smallest absolute Gasteiger partial charge is 0.0623 e. The Bertz CT molecular complexity index is 223. The highest BCUT2D eigenvalue weighted by molar-refractivity contribution is 5.02. The maximum Gasteiger partial charge on any atom is 0.0623 e. The summed E-state index contributed by atoms with van der Waals surface area (Å²) >= 11 is 0. The minimum absolute atomic E-state index is 0.0205. The maximum atomic E-state index is 5.49. The molecule has 2 heteroatoms. The highest BCUT2D eigenvalue weighted by Gasteiger charge is 2.49. The fourth-order valence-corrected chi connectivity index (χ4v) is 2.51. The van der Waals surface area contributed by atoms with E-state index >= 15 is 0 Å². The molecule has 1 fully saturated rings. The zero-order valence-electron chi connectivity index (χ0n) is 11.9. The lowest BCUT2D eigenvalue weighted by Crippen LogP contribution is -2.35. The van der Waals surface area contributed by atoms with Gasteiger partial charge in [0.2, 0.25) is 0 Å². The molecule has 0 radical (unpaired) electrons. The van der Waals surface area contributed by atoms with Crippen LogP contribution in [0.4, 0.5) is 0 Å². The second-order valence-electron chi connectivity index (χ2n) is 6.47. The van der Waals surface area contributed by atoms with Gasteiger partial charge in [0, 0.05) is 13.2 Å². The average Bonchev–Trinajstić information content (AvgIpc) is 2.82. The van der Waals surface area contributed by atoms with E-state index in [1.165, 1.54) is 12.8 Å². The van der Waals surface area contributed by atoms with Crippen LogP contribution in [0.2, 0.25) is 0 Å². The van der Waals surface area contributed by atoms with Crippen molar-refractivity contribution in [1.29, 1.82) is 0 Å². The standard InChI is InChI=1S/C14H29NO/c1-7-15-12(11-10-13(11,2)3)8-9-14(4,5)16-6/h11-12,15H,7-10H2,1-6H3. The first-order valence-corrected chi connectivity index (χ1v) is 6.61. The van der Waals surface area contributed by atoms with Gasteiger partial charge in [-0.3, -0.25) is 0 Å². The number of ether oxygens (including phenoxy) is 1. The van der Waals surface area contributed by atoms with Crippen molar-refractivity contribution in [3.05, 3.63) is 0 Å². The topological polar surface area (TPSA) is 21.3 Å². The van der Waals surface area contributed by atoms with Crippen LogP contribution in [0.15, 0.2) is 0 Å². The van der Waals surface area contributed by atoms with E-state index in [1.807, 2.05) is 7.11 Å². The molecule has 1 saturated carbocycles. The van der Waals surface area contributed by atoms with E-state index in [0.717, 1.165) is 18.9 Å². The SMILES string of the molecule is CCNC(CCC(C)(C)OC)C1CC1(C)C. The fraction of sp³-hybridized carbons (Fsp3) is 1.00. The molecule has 96 valence electrons. The molecule has 1 rings (SSSR count). The Morgan fingerprint density at radius 2 is 2.00 bits per heavy atom. The monoisotopic (exact) mass is 227 g/mol. The molecule has 0 bridgehead atoms. The lowest BCUT2D eigenvalue weighted by atomic mass is 9.94. The van der Waals surface area contributed by atoms with Crippen LogP contribution in [0, 0.1) is 11.3 Å². The highest BCUT2D eigenvalue weighted by Crippen LogP contribution is 2.54. The Labute approximate surface area is 101 Å². The molecule has 2 unspecified atom stereocenters. The summed E-state index contributed by atoms with van der Waals surface area (Å²) in [6, 6.07) is 0.675. The maximum absolute atomic E-state index is 5.49. The van der Waals surface area contributed by atoms with Gasteiger partial charge in [0.25, 0.3) is 0 Å². The van der Waals surface area contributed by atoms with Crippen LogP contribution in [-0.2, 0) is 4.74 Å². The van der Waals surface area contributed by atoms with E-state index in [9.17, 15) is 0 Å². The molecule has 1 N–H and O–H groups in total. The quantitative estimate of drug-likeness (QED) is 0.721. The zero-order chi connectivity index (χ0) is 12.4. The summed E-state index contributed by atoms with van der Waals surface area (Å²) in [5, 5.41) is 3.64. The number of hydrogen-bond acceptors (Lipinski definition) is 2. The van der Waals surface area contributed by atoms with Crippen LogP contribution < -0.4 is 5.32 Å². The third kappa shape index (κ3) is 3.74. The van der Waals surface area contributed by atoms with Gasteiger partial charge in [0.1, 0.15) is 0 Å². The van der Waals surface area contributed by atoms with Gasteiger partial charge in [-0.25, -0.2) is 0 Å². The minimum atomic E-state index is 0.0205. The second-order valence-corrected chi connectivity index (χ2v) is 6.47. The first-order valence-electron chi connectivity index (χ1n) is 6.61. The van der Waals surface area contributed by atoms with Crippen LogP contribution in [0.3, 0.4) is 0 Å². The molecule has 0 aliphatic heterocycles. The van der Waals surface area contributed by atoms with Crippen molar-refractivity contribution in [1.82, 2.24) is 5.32 Å². The van der Waals surface area contributed by atoms with Crippen LogP contribution in [0.25, 0.3) is 0 Å². The molecule has 0 heterocycles. The summed E-state index contributed by atoms with van der Waals surface area (Å²) < 4.78 is 5.49. The van der Waals surface area contributed by atoms with Crippen LogP contribution >= 0.6 is 0 Å². The van der Waals surface area contributed by atoms with E-state index in [-0.39, 0.29) is 5.60 Å². The lowest BCUT2D eigenvalue weighted by molar-refractivity contribution is 0.0109. The van der Waals surface area contributed by atoms with E-state index in [0.29, 0.717) is 11.5 Å². The first-order chi connectivity index (χ1) is 7.32. The summed E-state index contributed by atoms with van der Waals surface area (Å²) in [5.74, 6) is 0.861. The lowest BCUT2D eigenvalue weighted by Gasteiger charge is -2.27.